The van der Waals surface area contributed by atoms with E-state index in [0.717, 1.165) is 32.4 Å². The van der Waals surface area contributed by atoms with Gasteiger partial charge in [-0.1, -0.05) is 18.2 Å². The van der Waals surface area contributed by atoms with Crippen LogP contribution in [0.5, 0.6) is 0 Å². The standard InChI is InChI=1S/C16H23N3O2/c1-17-11-14-9-5-6-10-19(14)15(20)12-18-16(21)13-7-3-2-4-8-13/h2-4,7-8,14,17H,5-6,9-12H2,1H3,(H,18,21). The van der Waals surface area contributed by atoms with Gasteiger partial charge in [0.15, 0.2) is 0 Å². The number of hydrogen-bond donors (Lipinski definition) is 2. The number of amides is 2. The number of carbonyl (C=O) groups is 2. The smallest absolute Gasteiger partial charge is 0.251 e. The number of nitrogens with one attached hydrogen (secondary N) is 2. The van der Waals surface area contributed by atoms with Crippen LogP contribution in [0.15, 0.2) is 30.3 Å². The Morgan fingerprint density at radius 3 is 2.71 bits per heavy atom. The zero-order valence-corrected chi connectivity index (χ0v) is 12.5. The van der Waals surface area contributed by atoms with Crippen molar-refractivity contribution in [3.8, 4) is 0 Å². The van der Waals surface area contributed by atoms with Gasteiger partial charge in [-0.3, -0.25) is 9.59 Å². The van der Waals surface area contributed by atoms with Crippen molar-refractivity contribution in [3.05, 3.63) is 35.9 Å². The van der Waals surface area contributed by atoms with Gasteiger partial charge in [-0.15, -0.1) is 0 Å². The lowest BCUT2D eigenvalue weighted by Gasteiger charge is -2.35. The molecule has 0 aromatic heterocycles. The van der Waals surface area contributed by atoms with E-state index in [-0.39, 0.29) is 24.4 Å². The molecule has 1 fully saturated rings. The van der Waals surface area contributed by atoms with E-state index in [2.05, 4.69) is 10.6 Å². The second-order valence-corrected chi connectivity index (χ2v) is 5.34. The first kappa shape index (κ1) is 15.5. The van der Waals surface area contributed by atoms with E-state index in [1.165, 1.54) is 0 Å². The van der Waals surface area contributed by atoms with Crippen LogP contribution in [-0.4, -0.2) is 49.4 Å². The van der Waals surface area contributed by atoms with E-state index >= 15 is 0 Å². The Labute approximate surface area is 125 Å². The van der Waals surface area contributed by atoms with Crippen LogP contribution in [0.2, 0.25) is 0 Å². The molecule has 1 aliphatic rings. The van der Waals surface area contributed by atoms with E-state index in [4.69, 9.17) is 0 Å². The number of rotatable bonds is 5. The maximum atomic E-state index is 12.3. The molecule has 1 heterocycles. The highest BCUT2D eigenvalue weighted by Gasteiger charge is 2.26. The summed E-state index contributed by atoms with van der Waals surface area (Å²) in [5.74, 6) is -0.203. The minimum Gasteiger partial charge on any atom is -0.343 e. The van der Waals surface area contributed by atoms with Gasteiger partial charge in [0.2, 0.25) is 5.91 Å². The molecule has 0 bridgehead atoms. The summed E-state index contributed by atoms with van der Waals surface area (Å²) in [4.78, 5) is 26.1. The average molecular weight is 289 g/mol. The molecule has 2 rings (SSSR count). The number of nitrogens with zero attached hydrogens (tertiary/aromatic N) is 1. The van der Waals surface area contributed by atoms with Crippen molar-refractivity contribution >= 4 is 11.8 Å². The number of piperidine rings is 1. The van der Waals surface area contributed by atoms with Crippen LogP contribution in [0.4, 0.5) is 0 Å². The van der Waals surface area contributed by atoms with Crippen LogP contribution in [0.25, 0.3) is 0 Å². The SMILES string of the molecule is CNCC1CCCCN1C(=O)CNC(=O)c1ccccc1. The predicted octanol–water partition coefficient (Wildman–Crippen LogP) is 1.02. The van der Waals surface area contributed by atoms with Crippen molar-refractivity contribution in [2.45, 2.75) is 25.3 Å². The van der Waals surface area contributed by atoms with E-state index in [1.807, 2.05) is 30.1 Å². The topological polar surface area (TPSA) is 61.4 Å². The Kier molecular flexibility index (Phi) is 5.75. The van der Waals surface area contributed by atoms with Gasteiger partial charge in [-0.2, -0.15) is 0 Å². The van der Waals surface area contributed by atoms with Crippen LogP contribution in [0.3, 0.4) is 0 Å². The maximum absolute atomic E-state index is 12.3. The highest BCUT2D eigenvalue weighted by atomic mass is 16.2. The van der Waals surface area contributed by atoms with Crippen LogP contribution in [0, 0.1) is 0 Å². The molecular formula is C16H23N3O2. The fourth-order valence-corrected chi connectivity index (χ4v) is 2.73. The molecule has 1 saturated heterocycles. The number of carbonyl (C=O) groups excluding carboxylic acids is 2. The van der Waals surface area contributed by atoms with Crippen molar-refractivity contribution < 1.29 is 9.59 Å². The number of hydrogen-bond acceptors (Lipinski definition) is 3. The molecule has 5 heteroatoms. The largest absolute Gasteiger partial charge is 0.343 e. The Morgan fingerprint density at radius 1 is 1.24 bits per heavy atom. The molecule has 1 aromatic carbocycles. The summed E-state index contributed by atoms with van der Waals surface area (Å²) >= 11 is 0. The Bertz CT molecular complexity index is 474. The molecule has 2 amide bonds. The lowest BCUT2D eigenvalue weighted by molar-refractivity contribution is -0.133. The van der Waals surface area contributed by atoms with Gasteiger partial charge < -0.3 is 15.5 Å². The van der Waals surface area contributed by atoms with E-state index in [1.54, 1.807) is 12.1 Å². The molecule has 0 radical (unpaired) electrons. The zero-order valence-electron chi connectivity index (χ0n) is 12.5. The minimum absolute atomic E-state index is 0.000712. The summed E-state index contributed by atoms with van der Waals surface area (Å²) in [6, 6.07) is 9.20. The summed E-state index contributed by atoms with van der Waals surface area (Å²) < 4.78 is 0. The van der Waals surface area contributed by atoms with Crippen LogP contribution in [-0.2, 0) is 4.79 Å². The predicted molar refractivity (Wildman–Crippen MR) is 82.1 cm³/mol. The normalized spacial score (nSPS) is 18.3. The second-order valence-electron chi connectivity index (χ2n) is 5.34. The Balaban J connectivity index is 1.87. The third-order valence-electron chi connectivity index (χ3n) is 3.82. The van der Waals surface area contributed by atoms with Gasteiger partial charge in [0.25, 0.3) is 5.91 Å². The Hall–Kier alpha value is -1.88. The molecule has 1 aliphatic heterocycles. The fraction of sp³-hybridized carbons (Fsp3) is 0.500. The Morgan fingerprint density at radius 2 is 2.00 bits per heavy atom. The number of likely N-dealkylation sites (N-methyl/N-ethyl adjacent to an activating group) is 1. The van der Waals surface area contributed by atoms with Gasteiger partial charge in [-0.05, 0) is 38.4 Å². The molecular weight excluding hydrogens is 266 g/mol. The molecule has 21 heavy (non-hydrogen) atoms. The van der Waals surface area contributed by atoms with Gasteiger partial charge >= 0.3 is 0 Å². The third-order valence-corrected chi connectivity index (χ3v) is 3.82. The molecule has 0 spiro atoms. The van der Waals surface area contributed by atoms with E-state index in [0.29, 0.717) is 5.56 Å². The number of likely N-dealkylation sites (tertiary alicyclic amines) is 1. The second kappa shape index (κ2) is 7.78. The molecule has 5 nitrogen and oxygen atoms in total. The monoisotopic (exact) mass is 289 g/mol. The molecule has 2 N–H and O–H groups in total. The zero-order chi connectivity index (χ0) is 15.1. The van der Waals surface area contributed by atoms with Gasteiger partial charge in [-0.25, -0.2) is 0 Å². The summed E-state index contributed by atoms with van der Waals surface area (Å²) in [5, 5.41) is 5.84. The highest BCUT2D eigenvalue weighted by molar-refractivity contribution is 5.96. The van der Waals surface area contributed by atoms with Crippen LogP contribution >= 0.6 is 0 Å². The summed E-state index contributed by atoms with van der Waals surface area (Å²) in [5.41, 5.74) is 0.579. The third kappa shape index (κ3) is 4.29. The highest BCUT2D eigenvalue weighted by Crippen LogP contribution is 2.16. The fourth-order valence-electron chi connectivity index (χ4n) is 2.73. The van der Waals surface area contributed by atoms with Crippen molar-refractivity contribution in [1.82, 2.24) is 15.5 Å². The molecule has 114 valence electrons. The van der Waals surface area contributed by atoms with E-state index in [9.17, 15) is 9.59 Å². The first-order chi connectivity index (χ1) is 10.2. The maximum Gasteiger partial charge on any atom is 0.251 e. The average Bonchev–Trinajstić information content (AvgIpc) is 2.54. The van der Waals surface area contributed by atoms with Crippen molar-refractivity contribution in [1.29, 1.82) is 0 Å². The van der Waals surface area contributed by atoms with Crippen molar-refractivity contribution in [2.75, 3.05) is 26.7 Å². The van der Waals surface area contributed by atoms with Gasteiger partial charge in [0.05, 0.1) is 6.54 Å². The summed E-state index contributed by atoms with van der Waals surface area (Å²) in [6.45, 7) is 1.65. The first-order valence-electron chi connectivity index (χ1n) is 7.49. The quantitative estimate of drug-likeness (QED) is 0.850. The first-order valence-corrected chi connectivity index (χ1v) is 7.49. The van der Waals surface area contributed by atoms with Crippen LogP contribution in [0.1, 0.15) is 29.6 Å². The van der Waals surface area contributed by atoms with E-state index < -0.39 is 0 Å². The lowest BCUT2D eigenvalue weighted by atomic mass is 10.0. The summed E-state index contributed by atoms with van der Waals surface area (Å²) in [7, 11) is 1.90. The van der Waals surface area contributed by atoms with Gasteiger partial charge in [0.1, 0.15) is 0 Å². The van der Waals surface area contributed by atoms with Gasteiger partial charge in [0, 0.05) is 24.7 Å². The number of benzene rings is 1. The van der Waals surface area contributed by atoms with Crippen molar-refractivity contribution in [2.24, 2.45) is 0 Å². The molecule has 1 aromatic rings. The molecule has 0 saturated carbocycles. The molecule has 0 aliphatic carbocycles. The molecule has 1 unspecified atom stereocenters. The minimum atomic E-state index is -0.203. The lowest BCUT2D eigenvalue weighted by Crippen LogP contribution is -2.51. The molecule has 1 atom stereocenters. The van der Waals surface area contributed by atoms with Crippen LogP contribution < -0.4 is 10.6 Å². The van der Waals surface area contributed by atoms with Crippen molar-refractivity contribution in [3.63, 3.8) is 0 Å². The summed E-state index contributed by atoms with van der Waals surface area (Å²) in [6.07, 6.45) is 3.23.